The van der Waals surface area contributed by atoms with Gasteiger partial charge in [-0.2, -0.15) is 0 Å². The maximum Gasteiger partial charge on any atom is 0.413 e. The molecule has 0 fully saturated rings. The fourth-order valence-electron chi connectivity index (χ4n) is 2.13. The van der Waals surface area contributed by atoms with Crippen molar-refractivity contribution >= 4 is 28.3 Å². The zero-order chi connectivity index (χ0) is 17.5. The third kappa shape index (κ3) is 4.83. The topological polar surface area (TPSA) is 58.6 Å². The van der Waals surface area contributed by atoms with Crippen LogP contribution >= 0.6 is 0 Å². The Morgan fingerprint density at radius 2 is 1.75 bits per heavy atom. The Balaban J connectivity index is 1.94. The van der Waals surface area contributed by atoms with Crippen molar-refractivity contribution in [3.63, 3.8) is 0 Å². The molecule has 0 saturated heterocycles. The summed E-state index contributed by atoms with van der Waals surface area (Å²) in [7, 11) is 0.727. The van der Waals surface area contributed by atoms with E-state index in [0.29, 0.717) is 13.2 Å². The molecule has 0 spiro atoms. The van der Waals surface area contributed by atoms with Crippen LogP contribution in [0, 0.1) is 0 Å². The van der Waals surface area contributed by atoms with Crippen LogP contribution in [0.5, 0.6) is 0 Å². The number of benzene rings is 2. The van der Waals surface area contributed by atoms with Gasteiger partial charge < -0.3 is 10.1 Å². The Kier molecular flexibility index (Phi) is 6.37. The molecule has 0 aliphatic rings. The predicted octanol–water partition coefficient (Wildman–Crippen LogP) is 3.63. The first-order valence-electron chi connectivity index (χ1n) is 7.68. The van der Waals surface area contributed by atoms with Crippen molar-refractivity contribution in [1.29, 1.82) is 0 Å². The van der Waals surface area contributed by atoms with Gasteiger partial charge in [-0.15, -0.1) is 0 Å². The highest BCUT2D eigenvalue weighted by Gasteiger charge is 2.10. The minimum atomic E-state index is -0.953. The van der Waals surface area contributed by atoms with Crippen LogP contribution in [-0.4, -0.2) is 30.2 Å². The predicted molar refractivity (Wildman–Crippen MR) is 98.0 cm³/mol. The summed E-state index contributed by atoms with van der Waals surface area (Å²) in [4.78, 5) is 14.0. The second-order valence-corrected chi connectivity index (χ2v) is 6.64. The number of anilines is 2. The molecule has 0 aromatic heterocycles. The third-order valence-electron chi connectivity index (χ3n) is 3.55. The average molecular weight is 346 g/mol. The van der Waals surface area contributed by atoms with E-state index in [1.807, 2.05) is 48.5 Å². The lowest BCUT2D eigenvalue weighted by Gasteiger charge is -2.17. The van der Waals surface area contributed by atoms with E-state index in [4.69, 9.17) is 4.74 Å². The van der Waals surface area contributed by atoms with Crippen LogP contribution in [-0.2, 0) is 22.1 Å². The summed E-state index contributed by atoms with van der Waals surface area (Å²) in [5.41, 5.74) is 2.84. The van der Waals surface area contributed by atoms with E-state index in [-0.39, 0.29) is 6.09 Å². The molecule has 0 aliphatic heterocycles. The number of ether oxygens (including phenoxy) is 1. The second kappa shape index (κ2) is 8.49. The van der Waals surface area contributed by atoms with Crippen molar-refractivity contribution in [2.75, 3.05) is 30.1 Å². The minimum absolute atomic E-state index is 0.354. The van der Waals surface area contributed by atoms with Crippen LogP contribution in [0.2, 0.25) is 0 Å². The molecule has 1 amide bonds. The van der Waals surface area contributed by atoms with Crippen LogP contribution in [0.25, 0.3) is 0 Å². The molecule has 1 unspecified atom stereocenters. The number of hydrogen-bond acceptors (Lipinski definition) is 4. The quantitative estimate of drug-likeness (QED) is 0.868. The highest BCUT2D eigenvalue weighted by molar-refractivity contribution is 7.84. The molecule has 24 heavy (non-hydrogen) atoms. The molecule has 0 heterocycles. The molecule has 0 radical (unpaired) electrons. The first-order valence-corrected chi connectivity index (χ1v) is 9.24. The van der Waals surface area contributed by atoms with Crippen molar-refractivity contribution in [3.8, 4) is 0 Å². The Morgan fingerprint density at radius 3 is 2.29 bits per heavy atom. The lowest BCUT2D eigenvalue weighted by Crippen LogP contribution is -2.26. The summed E-state index contributed by atoms with van der Waals surface area (Å²) in [5, 5.41) is 3.32. The van der Waals surface area contributed by atoms with Gasteiger partial charge in [0.05, 0.1) is 6.61 Å². The van der Waals surface area contributed by atoms with Gasteiger partial charge in [-0.1, -0.05) is 12.1 Å². The zero-order valence-electron chi connectivity index (χ0n) is 14.1. The maximum absolute atomic E-state index is 11.7. The average Bonchev–Trinajstić information content (AvgIpc) is 2.60. The highest BCUT2D eigenvalue weighted by atomic mass is 32.2. The van der Waals surface area contributed by atoms with E-state index in [2.05, 4.69) is 5.32 Å². The molecule has 1 atom stereocenters. The van der Waals surface area contributed by atoms with Gasteiger partial charge in [-0.3, -0.25) is 9.11 Å². The van der Waals surface area contributed by atoms with Gasteiger partial charge >= 0.3 is 6.09 Å². The largest absolute Gasteiger partial charge is 0.449 e. The standard InChI is InChI=1S/C18H22N2O3S/c1-4-23-18(21)20(2)16-9-7-15(8-10-16)19-13-14-5-11-17(12-6-14)24(3)22/h5-12,19H,4,13H2,1-3H3. The van der Waals surface area contributed by atoms with Crippen LogP contribution < -0.4 is 10.2 Å². The Hall–Kier alpha value is -2.34. The lowest BCUT2D eigenvalue weighted by atomic mass is 10.2. The van der Waals surface area contributed by atoms with E-state index < -0.39 is 10.8 Å². The van der Waals surface area contributed by atoms with Crippen LogP contribution in [0.4, 0.5) is 16.2 Å². The molecule has 5 nitrogen and oxygen atoms in total. The summed E-state index contributed by atoms with van der Waals surface area (Å²) in [5.74, 6) is 0. The van der Waals surface area contributed by atoms with E-state index in [1.54, 1.807) is 20.2 Å². The minimum Gasteiger partial charge on any atom is -0.449 e. The van der Waals surface area contributed by atoms with Crippen LogP contribution in [0.3, 0.4) is 0 Å². The molecule has 2 rings (SSSR count). The van der Waals surface area contributed by atoms with Crippen molar-refractivity contribution in [2.24, 2.45) is 0 Å². The van der Waals surface area contributed by atoms with Gasteiger partial charge in [0, 0.05) is 46.9 Å². The number of rotatable bonds is 6. The summed E-state index contributed by atoms with van der Waals surface area (Å²) in [6.07, 6.45) is 1.30. The first kappa shape index (κ1) is 18.0. The van der Waals surface area contributed by atoms with E-state index in [0.717, 1.165) is 21.8 Å². The molecule has 0 aliphatic carbocycles. The Morgan fingerprint density at radius 1 is 1.12 bits per heavy atom. The van der Waals surface area contributed by atoms with Crippen molar-refractivity contribution in [3.05, 3.63) is 54.1 Å². The van der Waals surface area contributed by atoms with E-state index in [9.17, 15) is 9.00 Å². The Bertz CT molecular complexity index is 699. The normalized spacial score (nSPS) is 11.6. The van der Waals surface area contributed by atoms with Gasteiger partial charge in [0.1, 0.15) is 0 Å². The van der Waals surface area contributed by atoms with Crippen LogP contribution in [0.1, 0.15) is 12.5 Å². The third-order valence-corrected chi connectivity index (χ3v) is 4.48. The molecule has 0 bridgehead atoms. The van der Waals surface area contributed by atoms with Crippen molar-refractivity contribution in [2.45, 2.75) is 18.4 Å². The number of nitrogens with zero attached hydrogens (tertiary/aromatic N) is 1. The molecule has 128 valence electrons. The van der Waals surface area contributed by atoms with Gasteiger partial charge in [0.15, 0.2) is 0 Å². The smallest absolute Gasteiger partial charge is 0.413 e. The summed E-state index contributed by atoms with van der Waals surface area (Å²) < 4.78 is 16.3. The van der Waals surface area contributed by atoms with Gasteiger partial charge in [0.25, 0.3) is 0 Å². The molecule has 6 heteroatoms. The van der Waals surface area contributed by atoms with E-state index >= 15 is 0 Å². The SMILES string of the molecule is CCOC(=O)N(C)c1ccc(NCc2ccc(S(C)=O)cc2)cc1. The van der Waals surface area contributed by atoms with Crippen molar-refractivity contribution in [1.82, 2.24) is 0 Å². The van der Waals surface area contributed by atoms with Crippen molar-refractivity contribution < 1.29 is 13.7 Å². The number of amides is 1. The maximum atomic E-state index is 11.7. The fraction of sp³-hybridized carbons (Fsp3) is 0.278. The molecular weight excluding hydrogens is 324 g/mol. The number of carbonyl (C=O) groups is 1. The summed E-state index contributed by atoms with van der Waals surface area (Å²) in [6, 6.07) is 15.3. The highest BCUT2D eigenvalue weighted by Crippen LogP contribution is 2.18. The van der Waals surface area contributed by atoms with Crippen LogP contribution in [0.15, 0.2) is 53.4 Å². The monoisotopic (exact) mass is 346 g/mol. The molecule has 1 N–H and O–H groups in total. The number of carbonyl (C=O) groups excluding carboxylic acids is 1. The summed E-state index contributed by atoms with van der Waals surface area (Å²) in [6.45, 7) is 2.81. The van der Waals surface area contributed by atoms with Gasteiger partial charge in [0.2, 0.25) is 0 Å². The van der Waals surface area contributed by atoms with E-state index in [1.165, 1.54) is 4.90 Å². The second-order valence-electron chi connectivity index (χ2n) is 5.26. The Labute approximate surface area is 145 Å². The van der Waals surface area contributed by atoms with Gasteiger partial charge in [-0.05, 0) is 48.9 Å². The van der Waals surface area contributed by atoms with Gasteiger partial charge in [-0.25, -0.2) is 4.79 Å². The molecular formula is C18H22N2O3S. The molecule has 2 aromatic rings. The molecule has 2 aromatic carbocycles. The fourth-order valence-corrected chi connectivity index (χ4v) is 2.65. The molecule has 0 saturated carbocycles. The number of hydrogen-bond donors (Lipinski definition) is 1. The first-order chi connectivity index (χ1) is 11.5. The number of nitrogens with one attached hydrogen (secondary N) is 1. The summed E-state index contributed by atoms with van der Waals surface area (Å²) >= 11 is 0. The lowest BCUT2D eigenvalue weighted by molar-refractivity contribution is 0.161. The zero-order valence-corrected chi connectivity index (χ0v) is 14.9.